The van der Waals surface area contributed by atoms with Crippen LogP contribution in [-0.4, -0.2) is 74.9 Å². The molecule has 0 bridgehead atoms. The summed E-state index contributed by atoms with van der Waals surface area (Å²) in [6.45, 7) is 2.87. The second-order valence-corrected chi connectivity index (χ2v) is 6.75. The molecule has 10 nitrogen and oxygen atoms in total. The van der Waals surface area contributed by atoms with E-state index in [-0.39, 0.29) is 11.5 Å². The van der Waals surface area contributed by atoms with Gasteiger partial charge in [0.15, 0.2) is 0 Å². The van der Waals surface area contributed by atoms with Crippen molar-refractivity contribution in [1.82, 2.24) is 0 Å². The summed E-state index contributed by atoms with van der Waals surface area (Å²) in [6.07, 6.45) is -3.73. The van der Waals surface area contributed by atoms with Gasteiger partial charge in [-0.05, 0) is 6.42 Å². The molecule has 1 heterocycles. The van der Waals surface area contributed by atoms with Crippen LogP contribution in [0.1, 0.15) is 12.8 Å². The number of hydrogen-bond acceptors (Lipinski definition) is 11. The molecule has 0 aromatic heterocycles. The van der Waals surface area contributed by atoms with Gasteiger partial charge in [-0.1, -0.05) is 23.0 Å². The van der Waals surface area contributed by atoms with Crippen LogP contribution >= 0.6 is 11.8 Å². The van der Waals surface area contributed by atoms with E-state index in [9.17, 15) is 28.3 Å². The van der Waals surface area contributed by atoms with Crippen LogP contribution in [0.2, 0.25) is 0 Å². The summed E-state index contributed by atoms with van der Waals surface area (Å²) < 4.78 is 40.4. The third-order valence-corrected chi connectivity index (χ3v) is 4.32. The van der Waals surface area contributed by atoms with Gasteiger partial charge in [0.25, 0.3) is 10.4 Å². The highest BCUT2D eigenvalue weighted by Crippen LogP contribution is 2.30. The molecule has 1 fully saturated rings. The highest BCUT2D eigenvalue weighted by atomic mass is 32.3. The molecule has 4 N–H and O–H groups in total. The van der Waals surface area contributed by atoms with Gasteiger partial charge in [-0.15, -0.1) is 6.58 Å². The molecule has 0 unspecified atom stereocenters. The predicted octanol–water partition coefficient (Wildman–Crippen LogP) is -1.72. The Bertz CT molecular complexity index is 522. The Labute approximate surface area is 137 Å². The van der Waals surface area contributed by atoms with E-state index in [1.807, 2.05) is 0 Å². The molecule has 5 atom stereocenters. The number of thioether (sulfide) groups is 1. The maximum atomic E-state index is 10.5. The van der Waals surface area contributed by atoms with E-state index < -0.39 is 46.9 Å². The number of oxime groups is 1. The Kier molecular flexibility index (Phi) is 7.89. The van der Waals surface area contributed by atoms with Crippen molar-refractivity contribution in [2.75, 3.05) is 6.61 Å². The average molecular weight is 372 g/mol. The molecule has 12 heteroatoms. The van der Waals surface area contributed by atoms with Crippen LogP contribution in [0.25, 0.3) is 0 Å². The molecule has 0 radical (unpaired) electrons. The van der Waals surface area contributed by atoms with Gasteiger partial charge in [-0.25, -0.2) is 0 Å². The lowest BCUT2D eigenvalue weighted by molar-refractivity contribution is -0.205. The summed E-state index contributed by atoms with van der Waals surface area (Å²) in [6, 6.07) is 0. The maximum absolute atomic E-state index is 10.5. The minimum atomic E-state index is -5.04. The number of aliphatic hydroxyl groups is 4. The zero-order valence-corrected chi connectivity index (χ0v) is 13.5. The van der Waals surface area contributed by atoms with Crippen LogP contribution < -0.4 is 0 Å². The van der Waals surface area contributed by atoms with E-state index in [1.54, 1.807) is 0 Å². The lowest BCUT2D eigenvalue weighted by atomic mass is 10.0. The van der Waals surface area contributed by atoms with Gasteiger partial charge < -0.3 is 29.7 Å². The molecule has 1 aliphatic heterocycles. The average Bonchev–Trinajstić information content (AvgIpc) is 2.49. The Balaban J connectivity index is 2.86. The van der Waals surface area contributed by atoms with Crippen LogP contribution in [0.3, 0.4) is 0 Å². The van der Waals surface area contributed by atoms with Crippen molar-refractivity contribution in [3.05, 3.63) is 12.7 Å². The second-order valence-electron chi connectivity index (χ2n) is 4.61. The number of aliphatic hydroxyl groups excluding tert-OH is 4. The van der Waals surface area contributed by atoms with Crippen molar-refractivity contribution in [1.29, 1.82) is 0 Å². The molecule has 0 saturated carbocycles. The van der Waals surface area contributed by atoms with Crippen LogP contribution in [0.4, 0.5) is 0 Å². The minimum Gasteiger partial charge on any atom is -0.714 e. The summed E-state index contributed by atoms with van der Waals surface area (Å²) in [5.41, 5.74) is -1.16. The van der Waals surface area contributed by atoms with Crippen LogP contribution in [0.15, 0.2) is 17.8 Å². The van der Waals surface area contributed by atoms with Crippen molar-refractivity contribution < 1.29 is 42.4 Å². The van der Waals surface area contributed by atoms with E-state index in [2.05, 4.69) is 16.0 Å². The number of allylic oxidation sites excluding steroid dienone is 1. The van der Waals surface area contributed by atoms with Gasteiger partial charge in [0.1, 0.15) is 34.9 Å². The van der Waals surface area contributed by atoms with Crippen molar-refractivity contribution in [2.24, 2.45) is 5.16 Å². The van der Waals surface area contributed by atoms with Crippen molar-refractivity contribution in [3.8, 4) is 0 Å². The highest BCUT2D eigenvalue weighted by Gasteiger charge is 2.44. The van der Waals surface area contributed by atoms with Crippen molar-refractivity contribution in [3.63, 3.8) is 0 Å². The molecule has 1 rings (SSSR count). The van der Waals surface area contributed by atoms with E-state index in [0.717, 1.165) is 0 Å². The lowest BCUT2D eigenvalue weighted by Crippen LogP contribution is -2.57. The van der Waals surface area contributed by atoms with Crippen LogP contribution in [0, 0.1) is 0 Å². The number of ether oxygens (including phenoxy) is 1. The lowest BCUT2D eigenvalue weighted by Gasteiger charge is -2.39. The molecule has 134 valence electrons. The molecule has 0 amide bonds. The quantitative estimate of drug-likeness (QED) is 0.101. The van der Waals surface area contributed by atoms with Gasteiger partial charge in [-0.3, -0.25) is 4.28 Å². The third-order valence-electron chi connectivity index (χ3n) is 2.89. The third kappa shape index (κ3) is 6.35. The normalized spacial score (nSPS) is 32.6. The van der Waals surface area contributed by atoms with E-state index in [0.29, 0.717) is 18.2 Å². The Morgan fingerprint density at radius 3 is 2.52 bits per heavy atom. The van der Waals surface area contributed by atoms with Crippen LogP contribution in [0.5, 0.6) is 0 Å². The Morgan fingerprint density at radius 1 is 1.35 bits per heavy atom. The fourth-order valence-electron chi connectivity index (χ4n) is 1.74. The van der Waals surface area contributed by atoms with E-state index in [4.69, 9.17) is 9.84 Å². The Hall–Kier alpha value is -0.730. The van der Waals surface area contributed by atoms with E-state index in [1.165, 1.54) is 6.08 Å². The van der Waals surface area contributed by atoms with Crippen molar-refractivity contribution >= 4 is 27.2 Å². The summed E-state index contributed by atoms with van der Waals surface area (Å²) in [7, 11) is -5.04. The zero-order chi connectivity index (χ0) is 17.6. The molecule has 1 saturated heterocycles. The van der Waals surface area contributed by atoms with Gasteiger partial charge in [0.2, 0.25) is 0 Å². The molecule has 0 aromatic rings. The first-order chi connectivity index (χ1) is 10.7. The Morgan fingerprint density at radius 2 is 2.00 bits per heavy atom. The fourth-order valence-corrected chi connectivity index (χ4v) is 3.05. The molecule has 23 heavy (non-hydrogen) atoms. The molecular weight excluding hydrogens is 354 g/mol. The predicted molar refractivity (Wildman–Crippen MR) is 79.0 cm³/mol. The molecule has 0 aromatic carbocycles. The van der Waals surface area contributed by atoms with Gasteiger partial charge in [-0.2, -0.15) is 8.42 Å². The fraction of sp³-hybridized carbons (Fsp3) is 0.727. The van der Waals surface area contributed by atoms with Gasteiger partial charge in [0.05, 0.1) is 6.61 Å². The first-order valence-electron chi connectivity index (χ1n) is 6.49. The summed E-state index contributed by atoms with van der Waals surface area (Å²) >= 11 is 0.699. The smallest absolute Gasteiger partial charge is 0.284 e. The summed E-state index contributed by atoms with van der Waals surface area (Å²) in [5, 5.41) is 41.5. The largest absolute Gasteiger partial charge is 0.714 e. The summed E-state index contributed by atoms with van der Waals surface area (Å²) in [5.74, 6) is 0. The molecule has 0 spiro atoms. The van der Waals surface area contributed by atoms with Crippen molar-refractivity contribution in [2.45, 2.75) is 42.7 Å². The minimum absolute atomic E-state index is 0.00588. The standard InChI is InChI=1S/C11H19NO9S2/c1-2-3-4-7(12-21-23(17,18)19)22-11-10(16)9(15)8(14)6(5-13)20-11/h2,6,8-11,13-16H,1,3-5H2,(H,17,18,19)/p-1/b12-7+/t6-,8-,9+,10-,11+/m1/s1. The molecule has 1 aliphatic rings. The van der Waals surface area contributed by atoms with E-state index >= 15 is 0 Å². The first kappa shape index (κ1) is 20.3. The first-order valence-corrected chi connectivity index (χ1v) is 8.70. The van der Waals surface area contributed by atoms with Gasteiger partial charge >= 0.3 is 0 Å². The SMILES string of the molecule is C=CCC/C(=N\OS(=O)(=O)[O-])S[C@@H]1O[C@H](CO)[C@@H](O)[C@H](O)[C@H]1O. The molecular formula is C11H18NO9S2-. The highest BCUT2D eigenvalue weighted by molar-refractivity contribution is 8.14. The topological polar surface area (TPSA) is 169 Å². The zero-order valence-electron chi connectivity index (χ0n) is 11.9. The maximum Gasteiger partial charge on any atom is 0.284 e. The van der Waals surface area contributed by atoms with Gasteiger partial charge in [0, 0.05) is 6.42 Å². The van der Waals surface area contributed by atoms with Crippen LogP contribution in [-0.2, 0) is 19.4 Å². The number of rotatable bonds is 7. The number of nitrogens with zero attached hydrogens (tertiary/aromatic N) is 1. The monoisotopic (exact) mass is 372 g/mol. The second kappa shape index (κ2) is 8.94. The summed E-state index contributed by atoms with van der Waals surface area (Å²) in [4.78, 5) is 0. The molecule has 0 aliphatic carbocycles. The number of hydrogen-bond donors (Lipinski definition) is 4.